The number of nitrogens with zero attached hydrogens (tertiary/aromatic N) is 1. The molecule has 3 heteroatoms. The fraction of sp³-hybridized carbons (Fsp3) is 0.214. The quantitative estimate of drug-likeness (QED) is 0.481. The molecule has 1 aromatic heterocycles. The number of hydrogen-bond donors (Lipinski definition) is 2. The summed E-state index contributed by atoms with van der Waals surface area (Å²) in [5.41, 5.74) is 6.15. The van der Waals surface area contributed by atoms with Crippen LogP contribution in [0, 0.1) is 0 Å². The van der Waals surface area contributed by atoms with Gasteiger partial charge in [-0.2, -0.15) is 0 Å². The van der Waals surface area contributed by atoms with Gasteiger partial charge in [0.05, 0.1) is 11.6 Å². The highest BCUT2D eigenvalue weighted by molar-refractivity contribution is 5.82. The van der Waals surface area contributed by atoms with Crippen LogP contribution in [0.1, 0.15) is 25.5 Å². The minimum absolute atomic E-state index is 0.00130. The van der Waals surface area contributed by atoms with E-state index in [1.54, 1.807) is 0 Å². The van der Waals surface area contributed by atoms with Gasteiger partial charge in [-0.05, 0) is 19.9 Å². The van der Waals surface area contributed by atoms with Crippen molar-refractivity contribution in [2.45, 2.75) is 19.9 Å². The first-order valence-corrected chi connectivity index (χ1v) is 5.67. The lowest BCUT2D eigenvalue weighted by atomic mass is 10.0. The summed E-state index contributed by atoms with van der Waals surface area (Å²) in [6.45, 7) is 4.12. The Morgan fingerprint density at radius 1 is 1.29 bits per heavy atom. The van der Waals surface area contributed by atoms with E-state index in [1.807, 2.05) is 18.3 Å². The summed E-state index contributed by atoms with van der Waals surface area (Å²) in [6, 6.07) is 10.1. The van der Waals surface area contributed by atoms with Crippen LogP contribution in [0.4, 0.5) is 0 Å². The zero-order valence-corrected chi connectivity index (χ0v) is 10.1. The van der Waals surface area contributed by atoms with Gasteiger partial charge in [-0.25, -0.2) is 5.43 Å². The van der Waals surface area contributed by atoms with E-state index in [2.05, 4.69) is 48.5 Å². The van der Waals surface area contributed by atoms with E-state index in [-0.39, 0.29) is 6.04 Å². The van der Waals surface area contributed by atoms with Gasteiger partial charge in [0, 0.05) is 17.1 Å². The van der Waals surface area contributed by atoms with Gasteiger partial charge in [0.1, 0.15) is 0 Å². The second-order valence-electron chi connectivity index (χ2n) is 4.31. The van der Waals surface area contributed by atoms with Crippen LogP contribution in [0.25, 0.3) is 10.9 Å². The third-order valence-corrected chi connectivity index (χ3v) is 2.68. The molecule has 0 aliphatic rings. The highest BCUT2D eigenvalue weighted by Gasteiger charge is 2.10. The summed E-state index contributed by atoms with van der Waals surface area (Å²) >= 11 is 0. The summed E-state index contributed by atoms with van der Waals surface area (Å²) in [5, 5.41) is 1.13. The molecule has 0 radical (unpaired) electrons. The molecule has 0 saturated heterocycles. The number of hydrazine groups is 1. The van der Waals surface area contributed by atoms with E-state index < -0.39 is 0 Å². The third-order valence-electron chi connectivity index (χ3n) is 2.68. The zero-order valence-electron chi connectivity index (χ0n) is 10.1. The van der Waals surface area contributed by atoms with E-state index in [0.29, 0.717) is 0 Å². The molecule has 1 atom stereocenters. The number of benzene rings is 1. The molecule has 0 aliphatic carbocycles. The first-order valence-electron chi connectivity index (χ1n) is 5.67. The number of pyridine rings is 1. The van der Waals surface area contributed by atoms with Crippen molar-refractivity contribution in [2.24, 2.45) is 5.84 Å². The van der Waals surface area contributed by atoms with Gasteiger partial charge in [0.25, 0.3) is 0 Å². The molecule has 2 aromatic rings. The molecule has 1 unspecified atom stereocenters. The molecular formula is C14H17N3. The minimum Gasteiger partial charge on any atom is -0.271 e. The maximum Gasteiger partial charge on any atom is 0.0753 e. The summed E-state index contributed by atoms with van der Waals surface area (Å²) in [5.74, 6) is 5.62. The molecule has 1 aromatic carbocycles. The standard InChI is InChI=1S/C14H17N3/c1-10(2)9-13(17-15)12-7-3-5-11-6-4-8-16-14(11)12/h3-9,13,17H,15H2,1-2H3. The molecule has 0 aliphatic heterocycles. The van der Waals surface area contributed by atoms with Crippen molar-refractivity contribution >= 4 is 10.9 Å². The number of nitrogens with two attached hydrogens (primary N) is 1. The van der Waals surface area contributed by atoms with Crippen molar-refractivity contribution in [3.8, 4) is 0 Å². The molecule has 17 heavy (non-hydrogen) atoms. The predicted octanol–water partition coefficient (Wildman–Crippen LogP) is 2.71. The molecule has 3 N–H and O–H groups in total. The number of aromatic nitrogens is 1. The Morgan fingerprint density at radius 2 is 2.06 bits per heavy atom. The number of allylic oxidation sites excluding steroid dienone is 1. The van der Waals surface area contributed by atoms with E-state index >= 15 is 0 Å². The number of fused-ring (bicyclic) bond motifs is 1. The van der Waals surface area contributed by atoms with E-state index in [4.69, 9.17) is 5.84 Å². The number of para-hydroxylation sites is 1. The average Bonchev–Trinajstić information content (AvgIpc) is 2.35. The van der Waals surface area contributed by atoms with Crippen molar-refractivity contribution < 1.29 is 0 Å². The molecule has 0 saturated carbocycles. The smallest absolute Gasteiger partial charge is 0.0753 e. The number of nitrogens with one attached hydrogen (secondary N) is 1. The van der Waals surface area contributed by atoms with Crippen molar-refractivity contribution in [3.05, 3.63) is 53.7 Å². The Morgan fingerprint density at radius 3 is 2.76 bits per heavy atom. The summed E-state index contributed by atoms with van der Waals surface area (Å²) in [4.78, 5) is 4.43. The molecule has 88 valence electrons. The summed E-state index contributed by atoms with van der Waals surface area (Å²) in [7, 11) is 0. The maximum atomic E-state index is 5.62. The van der Waals surface area contributed by atoms with Gasteiger partial charge in [-0.1, -0.05) is 35.9 Å². The van der Waals surface area contributed by atoms with Crippen LogP contribution >= 0.6 is 0 Å². The van der Waals surface area contributed by atoms with Gasteiger partial charge in [-0.3, -0.25) is 10.8 Å². The molecule has 0 spiro atoms. The van der Waals surface area contributed by atoms with Crippen molar-refractivity contribution in [1.82, 2.24) is 10.4 Å². The van der Waals surface area contributed by atoms with Crippen molar-refractivity contribution in [2.75, 3.05) is 0 Å². The summed E-state index contributed by atoms with van der Waals surface area (Å²) in [6.07, 6.45) is 3.91. The van der Waals surface area contributed by atoms with E-state index in [0.717, 1.165) is 16.5 Å². The minimum atomic E-state index is -0.00130. The number of rotatable bonds is 3. The second-order valence-corrected chi connectivity index (χ2v) is 4.31. The fourth-order valence-corrected chi connectivity index (χ4v) is 1.94. The second kappa shape index (κ2) is 5.08. The first-order chi connectivity index (χ1) is 8.22. The lowest BCUT2D eigenvalue weighted by Gasteiger charge is -2.14. The molecule has 0 amide bonds. The molecule has 2 rings (SSSR count). The van der Waals surface area contributed by atoms with Crippen LogP contribution in [0.2, 0.25) is 0 Å². The van der Waals surface area contributed by atoms with Crippen LogP contribution in [0.3, 0.4) is 0 Å². The average molecular weight is 227 g/mol. The largest absolute Gasteiger partial charge is 0.271 e. The Labute approximate surface area is 101 Å². The summed E-state index contributed by atoms with van der Waals surface area (Å²) < 4.78 is 0. The highest BCUT2D eigenvalue weighted by atomic mass is 15.2. The first kappa shape index (κ1) is 11.8. The number of hydrogen-bond acceptors (Lipinski definition) is 3. The highest BCUT2D eigenvalue weighted by Crippen LogP contribution is 2.23. The van der Waals surface area contributed by atoms with Crippen LogP contribution in [-0.2, 0) is 0 Å². The normalized spacial score (nSPS) is 12.4. The molecule has 1 heterocycles. The Hall–Kier alpha value is -1.71. The molecular weight excluding hydrogens is 210 g/mol. The molecule has 0 bridgehead atoms. The molecule has 3 nitrogen and oxygen atoms in total. The monoisotopic (exact) mass is 227 g/mol. The van der Waals surface area contributed by atoms with Crippen molar-refractivity contribution in [3.63, 3.8) is 0 Å². The third kappa shape index (κ3) is 2.52. The lowest BCUT2D eigenvalue weighted by molar-refractivity contribution is 0.655. The van der Waals surface area contributed by atoms with Crippen LogP contribution in [-0.4, -0.2) is 4.98 Å². The van der Waals surface area contributed by atoms with Crippen LogP contribution in [0.5, 0.6) is 0 Å². The maximum absolute atomic E-state index is 5.62. The van der Waals surface area contributed by atoms with Crippen LogP contribution < -0.4 is 11.3 Å². The van der Waals surface area contributed by atoms with E-state index in [1.165, 1.54) is 5.57 Å². The Bertz CT molecular complexity index is 537. The molecule has 0 fully saturated rings. The fourth-order valence-electron chi connectivity index (χ4n) is 1.94. The van der Waals surface area contributed by atoms with Crippen molar-refractivity contribution in [1.29, 1.82) is 0 Å². The SMILES string of the molecule is CC(C)=CC(NN)c1cccc2cccnc12. The predicted molar refractivity (Wildman–Crippen MR) is 71.2 cm³/mol. The van der Waals surface area contributed by atoms with Crippen LogP contribution in [0.15, 0.2) is 48.2 Å². The zero-order chi connectivity index (χ0) is 12.3. The van der Waals surface area contributed by atoms with Gasteiger partial charge in [-0.15, -0.1) is 0 Å². The lowest BCUT2D eigenvalue weighted by Crippen LogP contribution is -2.27. The van der Waals surface area contributed by atoms with E-state index in [9.17, 15) is 0 Å². The Kier molecular flexibility index (Phi) is 3.52. The Balaban J connectivity index is 2.57. The van der Waals surface area contributed by atoms with Gasteiger partial charge >= 0.3 is 0 Å². The van der Waals surface area contributed by atoms with Gasteiger partial charge < -0.3 is 0 Å². The topological polar surface area (TPSA) is 50.9 Å². The van der Waals surface area contributed by atoms with Gasteiger partial charge in [0.2, 0.25) is 0 Å². The van der Waals surface area contributed by atoms with Gasteiger partial charge in [0.15, 0.2) is 0 Å².